The summed E-state index contributed by atoms with van der Waals surface area (Å²) in [6.07, 6.45) is 0.897. The molecule has 0 spiro atoms. The lowest BCUT2D eigenvalue weighted by Gasteiger charge is -2.15. The third-order valence-corrected chi connectivity index (χ3v) is 2.53. The van der Waals surface area contributed by atoms with Gasteiger partial charge >= 0.3 is 5.97 Å². The Balaban J connectivity index is 2.59. The molecule has 1 atom stereocenters. The number of rotatable bonds is 3. The first kappa shape index (κ1) is 12.0. The van der Waals surface area contributed by atoms with Gasteiger partial charge in [0.2, 0.25) is 0 Å². The van der Waals surface area contributed by atoms with E-state index in [2.05, 4.69) is 0 Å². The van der Waals surface area contributed by atoms with E-state index in [0.717, 1.165) is 22.9 Å². The summed E-state index contributed by atoms with van der Waals surface area (Å²) >= 11 is 0. The lowest BCUT2D eigenvalue weighted by atomic mass is 10.1. The summed E-state index contributed by atoms with van der Waals surface area (Å²) in [5.74, 6) is -1.87. The van der Waals surface area contributed by atoms with Crippen molar-refractivity contribution in [3.63, 3.8) is 0 Å². The first-order valence-corrected chi connectivity index (χ1v) is 5.25. The standard InChI is InChI=1S/C13H10FNO3/c14-10-6-7-11(16)15(8-10)12(13(17)18)9-4-2-1-3-5-9/h1-8,12H,(H,17,18). The molecule has 0 radical (unpaired) electrons. The van der Waals surface area contributed by atoms with E-state index in [4.69, 9.17) is 0 Å². The van der Waals surface area contributed by atoms with E-state index >= 15 is 0 Å². The molecule has 0 aliphatic heterocycles. The van der Waals surface area contributed by atoms with Crippen LogP contribution in [0.25, 0.3) is 0 Å². The summed E-state index contributed by atoms with van der Waals surface area (Å²) in [6, 6.07) is 9.00. The number of carboxylic acid groups (broad SMARTS) is 1. The van der Waals surface area contributed by atoms with Crippen LogP contribution in [0.3, 0.4) is 0 Å². The van der Waals surface area contributed by atoms with E-state index in [1.165, 1.54) is 0 Å². The van der Waals surface area contributed by atoms with Gasteiger partial charge in [-0.2, -0.15) is 0 Å². The predicted octanol–water partition coefficient (Wildman–Crippen LogP) is 1.66. The molecule has 1 N–H and O–H groups in total. The largest absolute Gasteiger partial charge is 0.479 e. The van der Waals surface area contributed by atoms with Crippen molar-refractivity contribution in [2.24, 2.45) is 0 Å². The molecule has 0 aliphatic carbocycles. The average molecular weight is 247 g/mol. The Morgan fingerprint density at radius 3 is 2.44 bits per heavy atom. The molecule has 92 valence electrons. The maximum Gasteiger partial charge on any atom is 0.331 e. The Morgan fingerprint density at radius 1 is 1.17 bits per heavy atom. The third-order valence-electron chi connectivity index (χ3n) is 2.53. The van der Waals surface area contributed by atoms with Crippen LogP contribution in [0.4, 0.5) is 4.39 Å². The number of pyridine rings is 1. The van der Waals surface area contributed by atoms with Crippen LogP contribution in [-0.4, -0.2) is 15.6 Å². The van der Waals surface area contributed by atoms with Crippen LogP contribution in [-0.2, 0) is 4.79 Å². The van der Waals surface area contributed by atoms with E-state index in [9.17, 15) is 19.1 Å². The van der Waals surface area contributed by atoms with Crippen LogP contribution in [0, 0.1) is 5.82 Å². The number of benzene rings is 1. The Bertz CT molecular complexity index is 622. The maximum absolute atomic E-state index is 13.1. The van der Waals surface area contributed by atoms with E-state index in [0.29, 0.717) is 5.56 Å². The number of hydrogen-bond acceptors (Lipinski definition) is 2. The number of carbonyl (C=O) groups is 1. The monoisotopic (exact) mass is 247 g/mol. The quantitative estimate of drug-likeness (QED) is 0.897. The van der Waals surface area contributed by atoms with E-state index in [-0.39, 0.29) is 0 Å². The fourth-order valence-corrected chi connectivity index (χ4v) is 1.74. The highest BCUT2D eigenvalue weighted by molar-refractivity contribution is 5.76. The van der Waals surface area contributed by atoms with Gasteiger partial charge < -0.3 is 5.11 Å². The molecule has 5 heteroatoms. The highest BCUT2D eigenvalue weighted by Gasteiger charge is 2.22. The van der Waals surface area contributed by atoms with Crippen LogP contribution in [0.1, 0.15) is 11.6 Å². The van der Waals surface area contributed by atoms with Gasteiger partial charge in [-0.3, -0.25) is 9.36 Å². The van der Waals surface area contributed by atoms with Gasteiger partial charge in [-0.05, 0) is 11.6 Å². The van der Waals surface area contributed by atoms with Gasteiger partial charge in [-0.15, -0.1) is 0 Å². The summed E-state index contributed by atoms with van der Waals surface area (Å²) in [4.78, 5) is 22.9. The smallest absolute Gasteiger partial charge is 0.331 e. The molecule has 0 fully saturated rings. The first-order chi connectivity index (χ1) is 8.59. The third kappa shape index (κ3) is 2.29. The molecule has 2 aromatic rings. The molecule has 1 heterocycles. The van der Waals surface area contributed by atoms with Crippen molar-refractivity contribution < 1.29 is 14.3 Å². The molecule has 0 saturated carbocycles. The molecule has 0 saturated heterocycles. The van der Waals surface area contributed by atoms with E-state index < -0.39 is 23.4 Å². The summed E-state index contributed by atoms with van der Waals surface area (Å²) in [6.45, 7) is 0. The van der Waals surface area contributed by atoms with E-state index in [1.54, 1.807) is 30.3 Å². The lowest BCUT2D eigenvalue weighted by Crippen LogP contribution is -2.30. The molecule has 0 bridgehead atoms. The van der Waals surface area contributed by atoms with Crippen LogP contribution >= 0.6 is 0 Å². The van der Waals surface area contributed by atoms with Gasteiger partial charge in [0.15, 0.2) is 6.04 Å². The molecule has 1 aromatic heterocycles. The highest BCUT2D eigenvalue weighted by Crippen LogP contribution is 2.16. The zero-order chi connectivity index (χ0) is 13.1. The molecule has 1 aromatic carbocycles. The van der Waals surface area contributed by atoms with Crippen molar-refractivity contribution in [1.82, 2.24) is 4.57 Å². The molecule has 4 nitrogen and oxygen atoms in total. The second-order valence-corrected chi connectivity index (χ2v) is 3.74. The number of halogens is 1. The van der Waals surface area contributed by atoms with Gasteiger partial charge in [0, 0.05) is 12.3 Å². The van der Waals surface area contributed by atoms with Crippen molar-refractivity contribution in [2.45, 2.75) is 6.04 Å². The van der Waals surface area contributed by atoms with Crippen molar-refractivity contribution in [1.29, 1.82) is 0 Å². The summed E-state index contributed by atoms with van der Waals surface area (Å²) in [7, 11) is 0. The summed E-state index contributed by atoms with van der Waals surface area (Å²) in [5, 5.41) is 9.21. The first-order valence-electron chi connectivity index (χ1n) is 5.25. The second kappa shape index (κ2) is 4.83. The highest BCUT2D eigenvalue weighted by atomic mass is 19.1. The summed E-state index contributed by atoms with van der Waals surface area (Å²) in [5.41, 5.74) is -0.148. The van der Waals surface area contributed by atoms with Crippen LogP contribution in [0.15, 0.2) is 53.5 Å². The van der Waals surface area contributed by atoms with E-state index in [1.807, 2.05) is 0 Å². The molecule has 2 rings (SSSR count). The minimum Gasteiger partial charge on any atom is -0.479 e. The summed E-state index contributed by atoms with van der Waals surface area (Å²) < 4.78 is 14.0. The Labute approximate surface area is 102 Å². The van der Waals surface area contributed by atoms with Crippen molar-refractivity contribution in [3.05, 3.63) is 70.4 Å². The fourth-order valence-electron chi connectivity index (χ4n) is 1.74. The minimum absolute atomic E-state index is 0.415. The van der Waals surface area contributed by atoms with Gasteiger partial charge in [-0.1, -0.05) is 30.3 Å². The molecule has 0 amide bonds. The van der Waals surface area contributed by atoms with Gasteiger partial charge in [-0.25, -0.2) is 9.18 Å². The zero-order valence-electron chi connectivity index (χ0n) is 9.29. The molecule has 0 aliphatic rings. The Morgan fingerprint density at radius 2 is 1.83 bits per heavy atom. The number of carboxylic acids is 1. The number of nitrogens with zero attached hydrogens (tertiary/aromatic N) is 1. The van der Waals surface area contributed by atoms with Crippen LogP contribution in [0.2, 0.25) is 0 Å². The lowest BCUT2D eigenvalue weighted by molar-refractivity contribution is -0.139. The van der Waals surface area contributed by atoms with Gasteiger partial charge in [0.05, 0.1) is 0 Å². The van der Waals surface area contributed by atoms with Gasteiger partial charge in [0.1, 0.15) is 5.82 Å². The van der Waals surface area contributed by atoms with Crippen molar-refractivity contribution >= 4 is 5.97 Å². The Kier molecular flexibility index (Phi) is 3.23. The predicted molar refractivity (Wildman–Crippen MR) is 62.9 cm³/mol. The number of aromatic nitrogens is 1. The Hall–Kier alpha value is -2.43. The van der Waals surface area contributed by atoms with Crippen molar-refractivity contribution in [2.75, 3.05) is 0 Å². The fraction of sp³-hybridized carbons (Fsp3) is 0.0769. The maximum atomic E-state index is 13.1. The van der Waals surface area contributed by atoms with Crippen LogP contribution < -0.4 is 5.56 Å². The normalized spacial score (nSPS) is 12.1. The SMILES string of the molecule is O=C(O)C(c1ccccc1)n1cc(F)ccc1=O. The van der Waals surface area contributed by atoms with Crippen molar-refractivity contribution in [3.8, 4) is 0 Å². The number of aliphatic carboxylic acids is 1. The topological polar surface area (TPSA) is 59.3 Å². The zero-order valence-corrected chi connectivity index (χ0v) is 9.29. The second-order valence-electron chi connectivity index (χ2n) is 3.74. The minimum atomic E-state index is -1.23. The molecule has 18 heavy (non-hydrogen) atoms. The van der Waals surface area contributed by atoms with Crippen LogP contribution in [0.5, 0.6) is 0 Å². The number of hydrogen-bond donors (Lipinski definition) is 1. The average Bonchev–Trinajstić information content (AvgIpc) is 2.35. The molecule has 1 unspecified atom stereocenters. The molecular formula is C13H10FNO3. The molecular weight excluding hydrogens is 237 g/mol. The van der Waals surface area contributed by atoms with Gasteiger partial charge in [0.25, 0.3) is 5.56 Å².